The number of halogens is 1. The van der Waals surface area contributed by atoms with Crippen molar-refractivity contribution in [2.45, 2.75) is 13.8 Å². The first-order valence-corrected chi connectivity index (χ1v) is 9.39. The van der Waals surface area contributed by atoms with Crippen molar-refractivity contribution in [2.75, 3.05) is 11.9 Å². The van der Waals surface area contributed by atoms with Gasteiger partial charge in [-0.25, -0.2) is 4.98 Å². The summed E-state index contributed by atoms with van der Waals surface area (Å²) in [5.41, 5.74) is 4.46. The van der Waals surface area contributed by atoms with Crippen LogP contribution in [0.4, 0.5) is 5.69 Å². The highest BCUT2D eigenvalue weighted by Crippen LogP contribution is 2.26. The summed E-state index contributed by atoms with van der Waals surface area (Å²) in [4.78, 5) is 20.7. The molecule has 1 N–H and O–H groups in total. The van der Waals surface area contributed by atoms with Gasteiger partial charge >= 0.3 is 0 Å². The van der Waals surface area contributed by atoms with Crippen LogP contribution in [-0.2, 0) is 4.79 Å². The topological polar surface area (TPSA) is 77.2 Å². The van der Waals surface area contributed by atoms with Crippen molar-refractivity contribution >= 4 is 34.4 Å². The molecule has 2 heterocycles. The Morgan fingerprint density at radius 2 is 1.86 bits per heavy atom. The van der Waals surface area contributed by atoms with E-state index in [2.05, 4.69) is 15.3 Å². The third-order valence-electron chi connectivity index (χ3n) is 4.36. The van der Waals surface area contributed by atoms with Crippen molar-refractivity contribution in [3.05, 3.63) is 70.9 Å². The number of fused-ring (bicyclic) bond motifs is 1. The molecule has 4 rings (SSSR count). The van der Waals surface area contributed by atoms with Crippen molar-refractivity contribution in [2.24, 2.45) is 0 Å². The minimum absolute atomic E-state index is 0.0982. The molecule has 2 aromatic heterocycles. The Labute approximate surface area is 172 Å². The van der Waals surface area contributed by atoms with Crippen molar-refractivity contribution < 1.29 is 13.9 Å². The monoisotopic (exact) mass is 407 g/mol. The van der Waals surface area contributed by atoms with E-state index in [0.29, 0.717) is 33.6 Å². The maximum Gasteiger partial charge on any atom is 0.262 e. The van der Waals surface area contributed by atoms with E-state index in [1.54, 1.807) is 24.4 Å². The number of aryl methyl sites for hydroxylation is 2. The number of nitrogens with zero attached hydrogens (tertiary/aromatic N) is 2. The molecule has 0 saturated carbocycles. The Morgan fingerprint density at radius 1 is 1.14 bits per heavy atom. The number of amides is 1. The fourth-order valence-corrected chi connectivity index (χ4v) is 3.03. The molecule has 0 aliphatic rings. The van der Waals surface area contributed by atoms with Gasteiger partial charge in [0.15, 0.2) is 17.8 Å². The number of ether oxygens (including phenoxy) is 1. The average molecular weight is 408 g/mol. The summed E-state index contributed by atoms with van der Waals surface area (Å²) in [5.74, 6) is 0.835. The largest absolute Gasteiger partial charge is 0.484 e. The molecule has 0 aliphatic heterocycles. The van der Waals surface area contributed by atoms with Crippen LogP contribution in [0.25, 0.3) is 22.7 Å². The molecular weight excluding hydrogens is 390 g/mol. The number of anilines is 1. The lowest BCUT2D eigenvalue weighted by Crippen LogP contribution is -2.20. The number of aromatic nitrogens is 2. The summed E-state index contributed by atoms with van der Waals surface area (Å²) >= 11 is 6.15. The summed E-state index contributed by atoms with van der Waals surface area (Å²) in [6.45, 7) is 3.70. The summed E-state index contributed by atoms with van der Waals surface area (Å²) in [6, 6.07) is 14.5. The number of nitrogens with one attached hydrogen (secondary N) is 1. The van der Waals surface area contributed by atoms with Crippen LogP contribution in [0.5, 0.6) is 5.75 Å². The molecule has 0 aliphatic carbocycles. The van der Waals surface area contributed by atoms with E-state index in [4.69, 9.17) is 20.8 Å². The highest BCUT2D eigenvalue weighted by Gasteiger charge is 2.10. The summed E-state index contributed by atoms with van der Waals surface area (Å²) < 4.78 is 11.3. The second kappa shape index (κ2) is 7.93. The number of oxazole rings is 1. The third-order valence-corrected chi connectivity index (χ3v) is 4.96. The molecular formula is C22H18ClN3O3. The van der Waals surface area contributed by atoms with Crippen LogP contribution >= 0.6 is 11.6 Å². The van der Waals surface area contributed by atoms with Gasteiger partial charge in [0.25, 0.3) is 5.91 Å². The van der Waals surface area contributed by atoms with Gasteiger partial charge in [-0.2, -0.15) is 4.98 Å². The first-order chi connectivity index (χ1) is 14.0. The van der Waals surface area contributed by atoms with Gasteiger partial charge in [-0.3, -0.25) is 4.79 Å². The lowest BCUT2D eigenvalue weighted by molar-refractivity contribution is -0.118. The standard InChI is InChI=1S/C22H18ClN3O3/c1-13-10-17(11-14(2)20(13)23)28-12-19(27)25-16-7-5-15(6-8-16)22-26-21-18(29-22)4-3-9-24-21/h3-11H,12H2,1-2H3,(H,25,27). The fourth-order valence-electron chi connectivity index (χ4n) is 2.92. The van der Waals surface area contributed by atoms with Crippen LogP contribution in [0, 0.1) is 13.8 Å². The van der Waals surface area contributed by atoms with Crippen molar-refractivity contribution in [3.8, 4) is 17.2 Å². The number of rotatable bonds is 5. The average Bonchev–Trinajstić information content (AvgIpc) is 3.15. The van der Waals surface area contributed by atoms with E-state index in [1.807, 2.05) is 44.2 Å². The maximum absolute atomic E-state index is 12.2. The molecule has 0 unspecified atom stereocenters. The van der Waals surface area contributed by atoms with Crippen LogP contribution in [0.1, 0.15) is 11.1 Å². The van der Waals surface area contributed by atoms with Gasteiger partial charge in [0.1, 0.15) is 5.75 Å². The summed E-state index contributed by atoms with van der Waals surface area (Å²) in [6.07, 6.45) is 1.67. The molecule has 146 valence electrons. The molecule has 0 radical (unpaired) electrons. The quantitative estimate of drug-likeness (QED) is 0.493. The zero-order valence-electron chi connectivity index (χ0n) is 15.9. The molecule has 0 bridgehead atoms. The Kier molecular flexibility index (Phi) is 5.18. The minimum Gasteiger partial charge on any atom is -0.484 e. The summed E-state index contributed by atoms with van der Waals surface area (Å²) in [5, 5.41) is 3.51. The predicted octanol–water partition coefficient (Wildman–Crippen LogP) is 5.18. The van der Waals surface area contributed by atoms with Crippen molar-refractivity contribution in [1.82, 2.24) is 9.97 Å². The van der Waals surface area contributed by atoms with Crippen LogP contribution in [0.15, 0.2) is 59.1 Å². The Bertz CT molecular complexity index is 1130. The van der Waals surface area contributed by atoms with Gasteiger partial charge in [0, 0.05) is 22.5 Å². The normalized spacial score (nSPS) is 10.9. The molecule has 29 heavy (non-hydrogen) atoms. The van der Waals surface area contributed by atoms with E-state index >= 15 is 0 Å². The third kappa shape index (κ3) is 4.22. The number of hydrogen-bond acceptors (Lipinski definition) is 5. The first kappa shape index (κ1) is 19.0. The zero-order valence-corrected chi connectivity index (χ0v) is 16.7. The van der Waals surface area contributed by atoms with Gasteiger partial charge in [-0.05, 0) is 73.5 Å². The highest BCUT2D eigenvalue weighted by atomic mass is 35.5. The van der Waals surface area contributed by atoms with Crippen LogP contribution in [0.3, 0.4) is 0 Å². The van der Waals surface area contributed by atoms with Crippen LogP contribution in [-0.4, -0.2) is 22.5 Å². The van der Waals surface area contributed by atoms with E-state index in [9.17, 15) is 4.79 Å². The predicted molar refractivity (Wildman–Crippen MR) is 112 cm³/mol. The Hall–Kier alpha value is -3.38. The number of benzene rings is 2. The van der Waals surface area contributed by atoms with E-state index in [1.165, 1.54) is 0 Å². The van der Waals surface area contributed by atoms with Crippen LogP contribution < -0.4 is 10.1 Å². The maximum atomic E-state index is 12.2. The molecule has 0 saturated heterocycles. The second-order valence-corrected chi connectivity index (χ2v) is 7.01. The minimum atomic E-state index is -0.255. The molecule has 0 spiro atoms. The van der Waals surface area contributed by atoms with E-state index in [-0.39, 0.29) is 12.5 Å². The van der Waals surface area contributed by atoms with E-state index < -0.39 is 0 Å². The van der Waals surface area contributed by atoms with Gasteiger partial charge in [0.2, 0.25) is 5.89 Å². The van der Waals surface area contributed by atoms with E-state index in [0.717, 1.165) is 16.7 Å². The molecule has 4 aromatic rings. The lowest BCUT2D eigenvalue weighted by Gasteiger charge is -2.10. The van der Waals surface area contributed by atoms with Crippen molar-refractivity contribution in [3.63, 3.8) is 0 Å². The number of hydrogen-bond donors (Lipinski definition) is 1. The van der Waals surface area contributed by atoms with Crippen molar-refractivity contribution in [1.29, 1.82) is 0 Å². The van der Waals surface area contributed by atoms with Gasteiger partial charge < -0.3 is 14.5 Å². The number of carbonyl (C=O) groups is 1. The summed E-state index contributed by atoms with van der Waals surface area (Å²) in [7, 11) is 0. The Balaban J connectivity index is 1.39. The van der Waals surface area contributed by atoms with Gasteiger partial charge in [-0.1, -0.05) is 11.6 Å². The smallest absolute Gasteiger partial charge is 0.262 e. The molecule has 0 atom stereocenters. The van der Waals surface area contributed by atoms with Gasteiger partial charge in [0.05, 0.1) is 0 Å². The number of pyridine rings is 1. The number of carbonyl (C=O) groups excluding carboxylic acids is 1. The second-order valence-electron chi connectivity index (χ2n) is 6.63. The molecule has 6 nitrogen and oxygen atoms in total. The fraction of sp³-hybridized carbons (Fsp3) is 0.136. The SMILES string of the molecule is Cc1cc(OCC(=O)Nc2ccc(-c3nc4ncccc4o3)cc2)cc(C)c1Cl. The lowest BCUT2D eigenvalue weighted by atomic mass is 10.1. The van der Waals surface area contributed by atoms with Gasteiger partial charge in [-0.15, -0.1) is 0 Å². The first-order valence-electron chi connectivity index (χ1n) is 9.01. The molecule has 7 heteroatoms. The molecule has 2 aromatic carbocycles. The highest BCUT2D eigenvalue weighted by molar-refractivity contribution is 6.32. The molecule has 1 amide bonds. The van der Waals surface area contributed by atoms with Crippen LogP contribution in [0.2, 0.25) is 5.02 Å². The molecule has 0 fully saturated rings. The Morgan fingerprint density at radius 3 is 2.55 bits per heavy atom. The zero-order chi connectivity index (χ0) is 20.4.